The van der Waals surface area contributed by atoms with Gasteiger partial charge in [0.1, 0.15) is 0 Å². The number of hydrogen-bond acceptors (Lipinski definition) is 6. The van der Waals surface area contributed by atoms with E-state index in [9.17, 15) is 39.9 Å². The Morgan fingerprint density at radius 3 is 2.21 bits per heavy atom. The molecule has 0 bridgehead atoms. The molecule has 1 aromatic carbocycles. The number of halogens is 7. The van der Waals surface area contributed by atoms with Crippen LogP contribution in [-0.2, 0) is 10.0 Å². The summed E-state index contributed by atoms with van der Waals surface area (Å²) >= 11 is 6.18. The maximum atomic E-state index is 13.6. The van der Waals surface area contributed by atoms with Crippen molar-refractivity contribution < 1.29 is 39.9 Å². The maximum Gasteiger partial charge on any atom is 0.431 e. The van der Waals surface area contributed by atoms with Crippen LogP contribution in [0.15, 0.2) is 53.8 Å². The van der Waals surface area contributed by atoms with Gasteiger partial charge >= 0.3 is 12.4 Å². The molecule has 206 valence electrons. The Balaban J connectivity index is 1.70. The van der Waals surface area contributed by atoms with E-state index in [-0.39, 0.29) is 29.4 Å². The Bertz CT molecular complexity index is 1360. The van der Waals surface area contributed by atoms with Crippen LogP contribution in [0.5, 0.6) is 0 Å². The molecule has 0 fully saturated rings. The standard InChI is InChI=1S/C23H21ClF6N4O3S/c1-38(36,37)33-10-8-14(9-11-33)17-7-6-15(13-31-17)19-12-20(21(35,22(25,26)27)23(28,29)30)32-34(19)18-5-3-2-4-16(18)24/h2-8,13,19,35H,9-12H2,1H3. The monoisotopic (exact) mass is 582 g/mol. The largest absolute Gasteiger partial charge is 0.431 e. The lowest BCUT2D eigenvalue weighted by Gasteiger charge is -2.32. The number of sulfonamides is 1. The summed E-state index contributed by atoms with van der Waals surface area (Å²) in [5, 5.41) is 14.5. The van der Waals surface area contributed by atoms with E-state index in [0.29, 0.717) is 12.1 Å². The maximum absolute atomic E-state index is 13.6. The minimum absolute atomic E-state index is 0.0254. The van der Waals surface area contributed by atoms with E-state index in [1.807, 2.05) is 0 Å². The van der Waals surface area contributed by atoms with E-state index >= 15 is 0 Å². The highest BCUT2D eigenvalue weighted by atomic mass is 35.5. The van der Waals surface area contributed by atoms with Crippen LogP contribution < -0.4 is 5.01 Å². The van der Waals surface area contributed by atoms with Crippen molar-refractivity contribution in [3.63, 3.8) is 0 Å². The summed E-state index contributed by atoms with van der Waals surface area (Å²) in [4.78, 5) is 4.32. The summed E-state index contributed by atoms with van der Waals surface area (Å²) in [6.45, 7) is 0.382. The number of pyridine rings is 1. The highest BCUT2D eigenvalue weighted by Crippen LogP contribution is 2.49. The number of aromatic nitrogens is 1. The lowest BCUT2D eigenvalue weighted by atomic mass is 9.90. The van der Waals surface area contributed by atoms with Crippen molar-refractivity contribution in [2.45, 2.75) is 36.8 Å². The summed E-state index contributed by atoms with van der Waals surface area (Å²) in [6, 6.07) is 7.63. The number of alkyl halides is 6. The SMILES string of the molecule is CS(=O)(=O)N1CC=C(c2ccc(C3CC(C(O)(C(F)(F)F)C(F)(F)F)=NN3c3ccccc3Cl)cn2)CC1. The molecule has 0 saturated heterocycles. The summed E-state index contributed by atoms with van der Waals surface area (Å²) < 4.78 is 106. The third-order valence-electron chi connectivity index (χ3n) is 6.39. The van der Waals surface area contributed by atoms with Crippen molar-refractivity contribution in [2.75, 3.05) is 24.4 Å². The van der Waals surface area contributed by atoms with Crippen LogP contribution in [0.2, 0.25) is 5.02 Å². The average molecular weight is 583 g/mol. The Labute approximate surface area is 219 Å². The van der Waals surface area contributed by atoms with E-state index in [0.717, 1.165) is 16.8 Å². The molecule has 2 aliphatic rings. The first kappa shape index (κ1) is 28.3. The van der Waals surface area contributed by atoms with Crippen LogP contribution in [0.3, 0.4) is 0 Å². The van der Waals surface area contributed by atoms with Crippen molar-refractivity contribution in [3.8, 4) is 0 Å². The number of anilines is 1. The van der Waals surface area contributed by atoms with Crippen LogP contribution in [0, 0.1) is 0 Å². The van der Waals surface area contributed by atoms with Crippen molar-refractivity contribution >= 4 is 38.6 Å². The molecular weight excluding hydrogens is 562 g/mol. The third-order valence-corrected chi connectivity index (χ3v) is 7.98. The van der Waals surface area contributed by atoms with Gasteiger partial charge in [0.05, 0.1) is 34.4 Å². The van der Waals surface area contributed by atoms with Gasteiger partial charge < -0.3 is 5.11 Å². The number of benzene rings is 1. The van der Waals surface area contributed by atoms with Gasteiger partial charge in [-0.05, 0) is 35.8 Å². The van der Waals surface area contributed by atoms with E-state index in [1.165, 1.54) is 40.8 Å². The van der Waals surface area contributed by atoms with Crippen molar-refractivity contribution in [3.05, 3.63) is 65.0 Å². The Morgan fingerprint density at radius 2 is 1.71 bits per heavy atom. The minimum atomic E-state index is -6.08. The smallest absolute Gasteiger partial charge is 0.369 e. The van der Waals surface area contributed by atoms with Gasteiger partial charge in [-0.15, -0.1) is 0 Å². The second-order valence-electron chi connectivity index (χ2n) is 8.85. The summed E-state index contributed by atoms with van der Waals surface area (Å²) in [7, 11) is -3.37. The molecule has 7 nitrogen and oxygen atoms in total. The van der Waals surface area contributed by atoms with Gasteiger partial charge in [0.2, 0.25) is 10.0 Å². The average Bonchev–Trinajstić information content (AvgIpc) is 3.27. The molecule has 0 saturated carbocycles. The van der Waals surface area contributed by atoms with E-state index in [2.05, 4.69) is 10.1 Å². The molecule has 0 spiro atoms. The third kappa shape index (κ3) is 5.14. The predicted octanol–water partition coefficient (Wildman–Crippen LogP) is 4.95. The van der Waals surface area contributed by atoms with Crippen LogP contribution in [0.4, 0.5) is 32.0 Å². The number of aliphatic hydroxyl groups is 1. The Kier molecular flexibility index (Phi) is 7.31. The summed E-state index contributed by atoms with van der Waals surface area (Å²) in [6.07, 6.45) is -8.63. The topological polar surface area (TPSA) is 86.1 Å². The van der Waals surface area contributed by atoms with E-state index in [4.69, 9.17) is 11.6 Å². The molecular formula is C23H21ClF6N4O3S. The normalized spacial score (nSPS) is 19.9. The molecule has 3 heterocycles. The lowest BCUT2D eigenvalue weighted by Crippen LogP contribution is -2.62. The molecule has 0 amide bonds. The quantitative estimate of drug-likeness (QED) is 0.505. The van der Waals surface area contributed by atoms with Gasteiger partial charge in [-0.3, -0.25) is 9.99 Å². The molecule has 0 aliphatic carbocycles. The highest BCUT2D eigenvalue weighted by molar-refractivity contribution is 7.88. The fraction of sp³-hybridized carbons (Fsp3) is 0.391. The molecule has 1 unspecified atom stereocenters. The molecule has 2 aliphatic heterocycles. The van der Waals surface area contributed by atoms with Crippen molar-refractivity contribution in [1.82, 2.24) is 9.29 Å². The zero-order valence-electron chi connectivity index (χ0n) is 19.6. The van der Waals surface area contributed by atoms with Crippen LogP contribution in [0.1, 0.15) is 30.1 Å². The van der Waals surface area contributed by atoms with Crippen molar-refractivity contribution in [2.24, 2.45) is 5.10 Å². The first-order chi connectivity index (χ1) is 17.5. The number of para-hydroxylation sites is 1. The minimum Gasteiger partial charge on any atom is -0.369 e. The summed E-state index contributed by atoms with van der Waals surface area (Å²) in [5.41, 5.74) is -5.20. The number of hydrogen-bond donors (Lipinski definition) is 1. The Hall–Kier alpha value is -2.68. The first-order valence-corrected chi connectivity index (χ1v) is 13.3. The van der Waals surface area contributed by atoms with E-state index < -0.39 is 46.2 Å². The molecule has 0 radical (unpaired) electrons. The van der Waals surface area contributed by atoms with Gasteiger partial charge in [0.15, 0.2) is 0 Å². The van der Waals surface area contributed by atoms with Crippen LogP contribution >= 0.6 is 11.6 Å². The zero-order valence-corrected chi connectivity index (χ0v) is 21.2. The van der Waals surface area contributed by atoms with Gasteiger partial charge in [0, 0.05) is 25.7 Å². The Morgan fingerprint density at radius 1 is 1.05 bits per heavy atom. The summed E-state index contributed by atoms with van der Waals surface area (Å²) in [5.74, 6) is 0. The fourth-order valence-electron chi connectivity index (χ4n) is 4.31. The van der Waals surface area contributed by atoms with Crippen molar-refractivity contribution in [1.29, 1.82) is 0 Å². The van der Waals surface area contributed by atoms with Crippen LogP contribution in [-0.4, -0.2) is 65.8 Å². The molecule has 1 atom stereocenters. The second kappa shape index (κ2) is 9.81. The van der Waals surface area contributed by atoms with Gasteiger partial charge in [-0.1, -0.05) is 35.9 Å². The van der Waals surface area contributed by atoms with E-state index in [1.54, 1.807) is 12.1 Å². The number of rotatable bonds is 5. The molecule has 1 aromatic heterocycles. The van der Waals surface area contributed by atoms with Gasteiger partial charge in [-0.2, -0.15) is 35.7 Å². The number of nitrogens with zero attached hydrogens (tertiary/aromatic N) is 4. The zero-order chi connectivity index (χ0) is 28.1. The molecule has 15 heteroatoms. The predicted molar refractivity (Wildman–Crippen MR) is 129 cm³/mol. The molecule has 1 N–H and O–H groups in total. The fourth-order valence-corrected chi connectivity index (χ4v) is 5.30. The van der Waals surface area contributed by atoms with Crippen LogP contribution in [0.25, 0.3) is 5.57 Å². The number of hydrazone groups is 1. The van der Waals surface area contributed by atoms with Gasteiger partial charge in [0.25, 0.3) is 5.60 Å². The van der Waals surface area contributed by atoms with Gasteiger partial charge in [-0.25, -0.2) is 8.42 Å². The highest BCUT2D eigenvalue weighted by Gasteiger charge is 2.74. The first-order valence-electron chi connectivity index (χ1n) is 11.1. The molecule has 38 heavy (non-hydrogen) atoms. The second-order valence-corrected chi connectivity index (χ2v) is 11.2. The molecule has 2 aromatic rings. The molecule has 4 rings (SSSR count). The lowest BCUT2D eigenvalue weighted by molar-refractivity contribution is -0.338.